The van der Waals surface area contributed by atoms with Crippen LogP contribution >= 0.6 is 0 Å². The Morgan fingerprint density at radius 3 is 2.79 bits per heavy atom. The zero-order chi connectivity index (χ0) is 20.1. The van der Waals surface area contributed by atoms with Crippen LogP contribution in [0.15, 0.2) is 35.4 Å². The van der Waals surface area contributed by atoms with Gasteiger partial charge in [0, 0.05) is 6.07 Å². The Morgan fingerprint density at radius 1 is 1.36 bits per heavy atom. The molecule has 2 aliphatic rings. The van der Waals surface area contributed by atoms with E-state index >= 15 is 0 Å². The van der Waals surface area contributed by atoms with Crippen molar-refractivity contribution in [1.82, 2.24) is 19.9 Å². The van der Waals surface area contributed by atoms with E-state index in [1.54, 1.807) is 6.07 Å². The molecule has 2 atom stereocenters. The molecule has 0 radical (unpaired) electrons. The van der Waals surface area contributed by atoms with Crippen LogP contribution < -0.4 is 16.2 Å². The first kappa shape index (κ1) is 18.6. The van der Waals surface area contributed by atoms with Crippen LogP contribution in [0.5, 0.6) is 0 Å². The summed E-state index contributed by atoms with van der Waals surface area (Å²) in [6.07, 6.45) is 1.10. The van der Waals surface area contributed by atoms with Crippen molar-refractivity contribution in [3.8, 4) is 0 Å². The van der Waals surface area contributed by atoms with Crippen LogP contribution in [0, 0.1) is 5.92 Å². The van der Waals surface area contributed by atoms with Crippen LogP contribution in [0.2, 0.25) is 0 Å². The zero-order valence-corrected chi connectivity index (χ0v) is 14.9. The maximum Gasteiger partial charge on any atom is 0.425 e. The molecule has 1 saturated carbocycles. The quantitative estimate of drug-likeness (QED) is 0.740. The Morgan fingerprint density at radius 2 is 2.11 bits per heavy atom. The highest BCUT2D eigenvalue weighted by Gasteiger charge is 2.58. The number of nitrogens with one attached hydrogen (secondary N) is 2. The van der Waals surface area contributed by atoms with Gasteiger partial charge in [-0.2, -0.15) is 13.2 Å². The van der Waals surface area contributed by atoms with Crippen LogP contribution in [-0.4, -0.2) is 25.8 Å². The van der Waals surface area contributed by atoms with Gasteiger partial charge in [-0.05, 0) is 43.9 Å². The lowest BCUT2D eigenvalue weighted by Gasteiger charge is -2.30. The third kappa shape index (κ3) is 3.18. The predicted molar refractivity (Wildman–Crippen MR) is 95.6 cm³/mol. The van der Waals surface area contributed by atoms with Gasteiger partial charge in [0.1, 0.15) is 24.1 Å². The molecular weight excluding hydrogens is 375 g/mol. The van der Waals surface area contributed by atoms with Gasteiger partial charge in [0.25, 0.3) is 5.56 Å². The van der Waals surface area contributed by atoms with Crippen LogP contribution in [0.25, 0.3) is 6.08 Å². The lowest BCUT2D eigenvalue weighted by molar-refractivity contribution is -0.220. The molecule has 3 heterocycles. The van der Waals surface area contributed by atoms with E-state index in [1.165, 1.54) is 18.5 Å². The van der Waals surface area contributed by atoms with Gasteiger partial charge in [0.2, 0.25) is 0 Å². The Labute approximate surface area is 157 Å². The summed E-state index contributed by atoms with van der Waals surface area (Å²) in [5, 5.41) is 14.7. The second-order valence-corrected chi connectivity index (χ2v) is 7.08. The van der Waals surface area contributed by atoms with Crippen molar-refractivity contribution in [1.29, 1.82) is 0 Å². The van der Waals surface area contributed by atoms with Crippen molar-refractivity contribution in [2.45, 2.75) is 37.8 Å². The number of rotatable bonds is 4. The van der Waals surface area contributed by atoms with Gasteiger partial charge < -0.3 is 10.4 Å². The molecule has 0 spiro atoms. The van der Waals surface area contributed by atoms with E-state index < -0.39 is 23.6 Å². The number of hydrogen-bond donors (Lipinski definition) is 3. The highest BCUT2D eigenvalue weighted by molar-refractivity contribution is 5.58. The predicted octanol–water partition coefficient (Wildman–Crippen LogP) is 2.63. The smallest absolute Gasteiger partial charge is 0.373 e. The number of aliphatic hydroxyl groups is 1. The summed E-state index contributed by atoms with van der Waals surface area (Å²) in [6.45, 7) is 0.809. The van der Waals surface area contributed by atoms with Crippen LogP contribution in [0.3, 0.4) is 0 Å². The lowest BCUT2D eigenvalue weighted by atomic mass is 10.2. The van der Waals surface area contributed by atoms with Crippen LogP contribution in [0.1, 0.15) is 37.4 Å². The second-order valence-electron chi connectivity index (χ2n) is 7.08. The van der Waals surface area contributed by atoms with Gasteiger partial charge >= 0.3 is 6.18 Å². The average molecular weight is 393 g/mol. The van der Waals surface area contributed by atoms with Crippen molar-refractivity contribution in [2.24, 2.45) is 5.92 Å². The van der Waals surface area contributed by atoms with Crippen molar-refractivity contribution in [3.63, 3.8) is 0 Å². The van der Waals surface area contributed by atoms with E-state index in [9.17, 15) is 23.1 Å². The Hall–Kier alpha value is -2.72. The fraction of sp³-hybridized carbons (Fsp3) is 0.389. The summed E-state index contributed by atoms with van der Waals surface area (Å²) in [5.41, 5.74) is -3.27. The molecule has 0 saturated heterocycles. The highest BCUT2D eigenvalue weighted by Crippen LogP contribution is 2.40. The summed E-state index contributed by atoms with van der Waals surface area (Å²) in [5.74, 6) is 0.843. The average Bonchev–Trinajstić information content (AvgIpc) is 3.40. The molecule has 0 amide bonds. The molecule has 2 aromatic rings. The van der Waals surface area contributed by atoms with Crippen molar-refractivity contribution in [3.05, 3.63) is 52.3 Å². The molecule has 10 heteroatoms. The number of nitrogens with zero attached hydrogens (tertiary/aromatic N) is 3. The fourth-order valence-electron chi connectivity index (χ4n) is 3.13. The minimum atomic E-state index is -4.79. The molecule has 0 bridgehead atoms. The fourth-order valence-corrected chi connectivity index (χ4v) is 3.13. The van der Waals surface area contributed by atoms with Crippen molar-refractivity contribution >= 4 is 17.6 Å². The molecule has 28 heavy (non-hydrogen) atoms. The van der Waals surface area contributed by atoms with Crippen molar-refractivity contribution < 1.29 is 18.3 Å². The van der Waals surface area contributed by atoms with Crippen molar-refractivity contribution in [2.75, 3.05) is 5.32 Å². The summed E-state index contributed by atoms with van der Waals surface area (Å²) < 4.78 is 41.2. The summed E-state index contributed by atoms with van der Waals surface area (Å²) in [4.78, 5) is 20.9. The Bertz CT molecular complexity index is 999. The molecule has 7 nitrogen and oxygen atoms in total. The SMILES string of the molecule is CC1(C(F)(F)F)NC(O)c2ccc(Nc3cc(/C=C/C4CC4)ncn3)c(=O)n21. The van der Waals surface area contributed by atoms with E-state index in [4.69, 9.17) is 0 Å². The summed E-state index contributed by atoms with van der Waals surface area (Å²) >= 11 is 0. The molecule has 2 unspecified atom stereocenters. The van der Waals surface area contributed by atoms with Gasteiger partial charge in [0.15, 0.2) is 5.66 Å². The maximum absolute atomic E-state index is 13.6. The molecular formula is C18H18F3N5O2. The molecule has 0 aromatic carbocycles. The number of hydrogen-bond acceptors (Lipinski definition) is 6. The van der Waals surface area contributed by atoms with Gasteiger partial charge in [-0.25, -0.2) is 9.97 Å². The minimum Gasteiger partial charge on any atom is -0.373 e. The molecule has 2 aromatic heterocycles. The van der Waals surface area contributed by atoms with Gasteiger partial charge in [-0.15, -0.1) is 0 Å². The number of aromatic nitrogens is 3. The third-order valence-electron chi connectivity index (χ3n) is 4.92. The second kappa shape index (κ2) is 6.42. The van der Waals surface area contributed by atoms with E-state index in [1.807, 2.05) is 17.5 Å². The molecule has 1 fully saturated rings. The number of anilines is 2. The number of aliphatic hydroxyl groups excluding tert-OH is 1. The number of alkyl halides is 3. The normalized spacial score (nSPS) is 24.5. The number of pyridine rings is 1. The topological polar surface area (TPSA) is 92.1 Å². The molecule has 3 N–H and O–H groups in total. The van der Waals surface area contributed by atoms with E-state index in [0.717, 1.165) is 19.8 Å². The monoisotopic (exact) mass is 393 g/mol. The number of halogens is 3. The van der Waals surface area contributed by atoms with E-state index in [0.29, 0.717) is 16.2 Å². The largest absolute Gasteiger partial charge is 0.425 e. The Balaban J connectivity index is 1.68. The highest BCUT2D eigenvalue weighted by atomic mass is 19.4. The van der Waals surface area contributed by atoms with E-state index in [-0.39, 0.29) is 17.2 Å². The van der Waals surface area contributed by atoms with Gasteiger partial charge in [0.05, 0.1) is 11.4 Å². The number of allylic oxidation sites excluding steroid dienone is 1. The van der Waals surface area contributed by atoms with Gasteiger partial charge in [-0.1, -0.05) is 6.08 Å². The molecule has 4 rings (SSSR count). The maximum atomic E-state index is 13.6. The first-order valence-corrected chi connectivity index (χ1v) is 8.75. The molecule has 148 valence electrons. The van der Waals surface area contributed by atoms with Crippen LogP contribution in [0.4, 0.5) is 24.7 Å². The summed E-state index contributed by atoms with van der Waals surface area (Å²) in [7, 11) is 0. The Kier molecular flexibility index (Phi) is 4.27. The first-order valence-electron chi connectivity index (χ1n) is 8.75. The summed E-state index contributed by atoms with van der Waals surface area (Å²) in [6, 6.07) is 4.20. The molecule has 1 aliphatic heterocycles. The zero-order valence-electron chi connectivity index (χ0n) is 14.9. The number of fused-ring (bicyclic) bond motifs is 1. The third-order valence-corrected chi connectivity index (χ3v) is 4.92. The first-order chi connectivity index (χ1) is 13.2. The molecule has 1 aliphatic carbocycles. The van der Waals surface area contributed by atoms with E-state index in [2.05, 4.69) is 15.3 Å². The van der Waals surface area contributed by atoms with Crippen LogP contribution in [-0.2, 0) is 5.66 Å². The minimum absolute atomic E-state index is 0.0917. The standard InChI is InChI=1S/C18H18F3N5O2/c1-17(18(19,20)21)25-15(27)13-7-6-12(16(28)26(13)17)24-14-8-11(22-9-23-14)5-4-10-2-3-10/h4-10,15,25,27H,2-3H2,1H3,(H,22,23,24)/b5-4+. The lowest BCUT2D eigenvalue weighted by Crippen LogP contribution is -2.55. The van der Waals surface area contributed by atoms with Gasteiger partial charge in [-0.3, -0.25) is 14.7 Å².